The molecule has 1 saturated heterocycles. The Hall–Kier alpha value is -2.99. The van der Waals surface area contributed by atoms with Crippen molar-refractivity contribution in [3.63, 3.8) is 0 Å². The summed E-state index contributed by atoms with van der Waals surface area (Å²) in [4.78, 5) is 12.6. The number of carbonyl (C=O) groups excluding carboxylic acids is 1. The van der Waals surface area contributed by atoms with Crippen LogP contribution >= 0.6 is 0 Å². The van der Waals surface area contributed by atoms with Gasteiger partial charge in [0.1, 0.15) is 6.10 Å². The summed E-state index contributed by atoms with van der Waals surface area (Å²) < 4.78 is 23.5. The monoisotopic (exact) mass is 418 g/mol. The topological polar surface area (TPSA) is 54.0 Å². The molecule has 3 unspecified atom stereocenters. The summed E-state index contributed by atoms with van der Waals surface area (Å²) in [5, 5.41) is 0. The van der Waals surface area contributed by atoms with Gasteiger partial charge in [0.05, 0.1) is 26.4 Å². The summed E-state index contributed by atoms with van der Waals surface area (Å²) >= 11 is 0. The van der Waals surface area contributed by atoms with Crippen LogP contribution in [0.2, 0.25) is 0 Å². The molecule has 3 aromatic rings. The molecule has 5 nitrogen and oxygen atoms in total. The number of ether oxygens (including phenoxy) is 4. The molecule has 1 fully saturated rings. The normalized spacial score (nSPS) is 20.5. The highest BCUT2D eigenvalue weighted by molar-refractivity contribution is 5.78. The van der Waals surface area contributed by atoms with Crippen molar-refractivity contribution in [1.82, 2.24) is 0 Å². The van der Waals surface area contributed by atoms with E-state index in [-0.39, 0.29) is 6.61 Å². The molecule has 1 aliphatic rings. The largest absolute Gasteiger partial charge is 0.455 e. The Bertz CT molecular complexity index is 930. The van der Waals surface area contributed by atoms with Gasteiger partial charge in [-0.05, 0) is 16.7 Å². The first-order chi connectivity index (χ1) is 15.3. The molecule has 0 radical (unpaired) electrons. The molecule has 160 valence electrons. The first-order valence-corrected chi connectivity index (χ1v) is 10.4. The van der Waals surface area contributed by atoms with Gasteiger partial charge in [-0.25, -0.2) is 4.79 Å². The van der Waals surface area contributed by atoms with E-state index in [2.05, 4.69) is 0 Å². The summed E-state index contributed by atoms with van der Waals surface area (Å²) in [6.45, 7) is 1.35. The lowest BCUT2D eigenvalue weighted by molar-refractivity contribution is -0.152. The first-order valence-electron chi connectivity index (χ1n) is 10.4. The fourth-order valence-electron chi connectivity index (χ4n) is 3.49. The average Bonchev–Trinajstić information content (AvgIpc) is 3.12. The molecule has 0 N–H and O–H groups in total. The van der Waals surface area contributed by atoms with Crippen LogP contribution in [0.25, 0.3) is 0 Å². The summed E-state index contributed by atoms with van der Waals surface area (Å²) in [5.41, 5.74) is 3.07. The Balaban J connectivity index is 1.40. The lowest BCUT2D eigenvalue weighted by Gasteiger charge is -2.22. The highest BCUT2D eigenvalue weighted by Crippen LogP contribution is 2.25. The second-order valence-electron chi connectivity index (χ2n) is 7.45. The molecule has 1 aliphatic heterocycles. The Morgan fingerprint density at radius 1 is 0.645 bits per heavy atom. The zero-order chi connectivity index (χ0) is 21.3. The van der Waals surface area contributed by atoms with E-state index in [1.165, 1.54) is 0 Å². The van der Waals surface area contributed by atoms with Gasteiger partial charge in [0, 0.05) is 0 Å². The number of hydrogen-bond acceptors (Lipinski definition) is 5. The Morgan fingerprint density at radius 2 is 1.13 bits per heavy atom. The first kappa shape index (κ1) is 21.2. The van der Waals surface area contributed by atoms with Crippen LogP contribution in [0.3, 0.4) is 0 Å². The summed E-state index contributed by atoms with van der Waals surface area (Å²) in [7, 11) is 0. The molecule has 31 heavy (non-hydrogen) atoms. The van der Waals surface area contributed by atoms with Gasteiger partial charge in [0.25, 0.3) is 0 Å². The number of hydrogen-bond donors (Lipinski definition) is 0. The number of benzene rings is 3. The molecule has 4 rings (SSSR count). The predicted octanol–water partition coefficient (Wildman–Crippen LogP) is 4.30. The maximum Gasteiger partial charge on any atom is 0.338 e. The molecular formula is C26H26O5. The molecule has 0 bridgehead atoms. The third-order valence-electron chi connectivity index (χ3n) is 5.12. The van der Waals surface area contributed by atoms with Gasteiger partial charge in [-0.2, -0.15) is 0 Å². The molecule has 3 aromatic carbocycles. The van der Waals surface area contributed by atoms with Gasteiger partial charge in [-0.1, -0.05) is 91.0 Å². The minimum Gasteiger partial charge on any atom is -0.455 e. The van der Waals surface area contributed by atoms with Crippen LogP contribution in [-0.4, -0.2) is 30.9 Å². The minimum atomic E-state index is -0.797. The van der Waals surface area contributed by atoms with E-state index in [9.17, 15) is 4.79 Å². The van der Waals surface area contributed by atoms with Crippen molar-refractivity contribution < 1.29 is 23.7 Å². The third kappa shape index (κ3) is 6.01. The van der Waals surface area contributed by atoms with Crippen LogP contribution in [0, 0.1) is 0 Å². The van der Waals surface area contributed by atoms with Crippen LogP contribution in [-0.2, 0) is 43.6 Å². The van der Waals surface area contributed by atoms with E-state index < -0.39 is 24.3 Å². The SMILES string of the molecule is O=C1OC(COCc2ccccc2)C(OCc2ccccc2)C1OCc1ccccc1. The predicted molar refractivity (Wildman–Crippen MR) is 116 cm³/mol. The summed E-state index contributed by atoms with van der Waals surface area (Å²) in [5.74, 6) is -0.415. The maximum atomic E-state index is 12.6. The van der Waals surface area contributed by atoms with Crippen molar-refractivity contribution in [3.05, 3.63) is 108 Å². The average molecular weight is 418 g/mol. The highest BCUT2D eigenvalue weighted by Gasteiger charge is 2.46. The molecule has 1 heterocycles. The van der Waals surface area contributed by atoms with Gasteiger partial charge < -0.3 is 18.9 Å². The van der Waals surface area contributed by atoms with E-state index in [0.29, 0.717) is 19.8 Å². The quantitative estimate of drug-likeness (QED) is 0.460. The molecule has 0 spiro atoms. The van der Waals surface area contributed by atoms with Crippen molar-refractivity contribution in [2.75, 3.05) is 6.61 Å². The smallest absolute Gasteiger partial charge is 0.338 e. The molecule has 0 aliphatic carbocycles. The van der Waals surface area contributed by atoms with Crippen molar-refractivity contribution in [2.45, 2.75) is 38.1 Å². The van der Waals surface area contributed by atoms with E-state index >= 15 is 0 Å². The Morgan fingerprint density at radius 3 is 1.68 bits per heavy atom. The summed E-state index contributed by atoms with van der Waals surface area (Å²) in [6.07, 6.45) is -1.87. The van der Waals surface area contributed by atoms with Crippen molar-refractivity contribution in [1.29, 1.82) is 0 Å². The maximum absolute atomic E-state index is 12.6. The third-order valence-corrected chi connectivity index (χ3v) is 5.12. The van der Waals surface area contributed by atoms with Crippen LogP contribution in [0.15, 0.2) is 91.0 Å². The molecule has 0 amide bonds. The van der Waals surface area contributed by atoms with Crippen molar-refractivity contribution in [3.8, 4) is 0 Å². The number of cyclic esters (lactones) is 1. The fourth-order valence-corrected chi connectivity index (χ4v) is 3.49. The lowest BCUT2D eigenvalue weighted by Crippen LogP contribution is -2.38. The molecule has 0 saturated carbocycles. The van der Waals surface area contributed by atoms with E-state index in [4.69, 9.17) is 18.9 Å². The number of carbonyl (C=O) groups is 1. The molecular weight excluding hydrogens is 392 g/mol. The lowest BCUT2D eigenvalue weighted by atomic mass is 10.1. The van der Waals surface area contributed by atoms with E-state index in [1.807, 2.05) is 91.0 Å². The van der Waals surface area contributed by atoms with Gasteiger partial charge >= 0.3 is 5.97 Å². The minimum absolute atomic E-state index is 0.241. The van der Waals surface area contributed by atoms with Gasteiger partial charge in [0.15, 0.2) is 12.2 Å². The fraction of sp³-hybridized carbons (Fsp3) is 0.269. The number of rotatable bonds is 10. The van der Waals surface area contributed by atoms with Gasteiger partial charge in [-0.15, -0.1) is 0 Å². The van der Waals surface area contributed by atoms with Crippen molar-refractivity contribution >= 4 is 5.97 Å². The second kappa shape index (κ2) is 10.9. The standard InChI is InChI=1S/C26H26O5/c27-26-25(30-18-22-14-8-3-9-15-22)24(29-17-21-12-6-2-7-13-21)23(31-26)19-28-16-20-10-4-1-5-11-20/h1-15,23-25H,16-19H2. The zero-order valence-corrected chi connectivity index (χ0v) is 17.3. The highest BCUT2D eigenvalue weighted by atomic mass is 16.6. The van der Waals surface area contributed by atoms with Gasteiger partial charge in [-0.3, -0.25) is 0 Å². The second-order valence-corrected chi connectivity index (χ2v) is 7.45. The molecule has 5 heteroatoms. The van der Waals surface area contributed by atoms with E-state index in [1.54, 1.807) is 0 Å². The number of esters is 1. The molecule has 3 atom stereocenters. The van der Waals surface area contributed by atoms with Crippen LogP contribution in [0.4, 0.5) is 0 Å². The van der Waals surface area contributed by atoms with Gasteiger partial charge in [0.2, 0.25) is 0 Å². The Kier molecular flexibility index (Phi) is 7.45. The van der Waals surface area contributed by atoms with Crippen LogP contribution in [0.5, 0.6) is 0 Å². The molecule has 0 aromatic heterocycles. The van der Waals surface area contributed by atoms with Crippen LogP contribution in [0.1, 0.15) is 16.7 Å². The summed E-state index contributed by atoms with van der Waals surface area (Å²) in [6, 6.07) is 29.5. The van der Waals surface area contributed by atoms with E-state index in [0.717, 1.165) is 16.7 Å². The zero-order valence-electron chi connectivity index (χ0n) is 17.3. The van der Waals surface area contributed by atoms with Crippen molar-refractivity contribution in [2.24, 2.45) is 0 Å². The Labute approximate surface area is 182 Å². The van der Waals surface area contributed by atoms with Crippen LogP contribution < -0.4 is 0 Å².